The molecule has 0 atom stereocenters. The summed E-state index contributed by atoms with van der Waals surface area (Å²) in [5.41, 5.74) is 3.06. The van der Waals surface area contributed by atoms with Crippen molar-refractivity contribution in [3.8, 4) is 11.5 Å². The van der Waals surface area contributed by atoms with Crippen molar-refractivity contribution in [3.05, 3.63) is 129 Å². The summed E-state index contributed by atoms with van der Waals surface area (Å²) < 4.78 is 13.5. The molecule has 4 aromatic carbocycles. The highest BCUT2D eigenvalue weighted by molar-refractivity contribution is 7.26. The molecule has 0 spiro atoms. The monoisotopic (exact) mass is 1000 g/mol. The summed E-state index contributed by atoms with van der Waals surface area (Å²) in [5.74, 6) is 3.25. The third-order valence-corrected chi connectivity index (χ3v) is 14.6. The first-order valence-electron chi connectivity index (χ1n) is 23.4. The number of aliphatic carboxylic acids is 2. The third-order valence-electron chi connectivity index (χ3n) is 11.9. The van der Waals surface area contributed by atoms with Crippen LogP contribution in [0.5, 0.6) is 11.5 Å². The van der Waals surface area contributed by atoms with Crippen LogP contribution in [-0.2, 0) is 29.1 Å². The van der Waals surface area contributed by atoms with Crippen LogP contribution in [-0.4, -0.2) is 55.3 Å². The second-order valence-electron chi connectivity index (χ2n) is 16.8. The molecule has 0 radical (unpaired) electrons. The zero-order chi connectivity index (χ0) is 48.3. The van der Waals surface area contributed by atoms with E-state index in [2.05, 4.69) is 34.9 Å². The van der Waals surface area contributed by atoms with Gasteiger partial charge in [-0.3, -0.25) is 4.79 Å². The molecule has 4 aromatic heterocycles. The van der Waals surface area contributed by atoms with Gasteiger partial charge in [-0.05, 0) is 99.9 Å². The first kappa shape index (κ1) is 49.4. The summed E-state index contributed by atoms with van der Waals surface area (Å²) in [6.45, 7) is 6.16. The number of carboxylic acids is 2. The summed E-state index contributed by atoms with van der Waals surface area (Å²) in [6.07, 6.45) is 9.09. The molecule has 69 heavy (non-hydrogen) atoms. The van der Waals surface area contributed by atoms with Crippen molar-refractivity contribution in [2.75, 3.05) is 23.8 Å². The number of nitrogens with one attached hydrogen (secondary N) is 2. The van der Waals surface area contributed by atoms with Gasteiger partial charge in [0.05, 0.1) is 34.0 Å². The number of halogens is 2. The van der Waals surface area contributed by atoms with Crippen molar-refractivity contribution >= 4 is 110 Å². The largest absolute Gasteiger partial charge is 0.492 e. The number of hydrogen-bond donors (Lipinski definition) is 4. The van der Waals surface area contributed by atoms with Crippen molar-refractivity contribution in [3.63, 3.8) is 0 Å². The summed E-state index contributed by atoms with van der Waals surface area (Å²) in [7, 11) is 0. The number of aryl methyl sites for hydroxylation is 1. The van der Waals surface area contributed by atoms with Gasteiger partial charge in [0.2, 0.25) is 0 Å². The highest BCUT2D eigenvalue weighted by atomic mass is 35.5. The van der Waals surface area contributed by atoms with E-state index in [0.29, 0.717) is 54.3 Å². The number of allylic oxidation sites excluding steroid dienone is 1. The Morgan fingerprint density at radius 1 is 0.696 bits per heavy atom. The molecule has 0 saturated heterocycles. The molecular weight excluding hydrogens is 952 g/mol. The second-order valence-corrected chi connectivity index (χ2v) is 19.7. The summed E-state index contributed by atoms with van der Waals surface area (Å²) in [4.78, 5) is 43.4. The number of nitrogens with zero attached hydrogens (tertiary/aromatic N) is 4. The Balaban J connectivity index is 0.000000186. The van der Waals surface area contributed by atoms with Gasteiger partial charge in [-0.2, -0.15) is 0 Å². The number of carboxylic acid groups (broad SMARTS) is 2. The standard InChI is InChI=1S/C27H26ClN3O3S.C26H28ClN3O3S/c1-2-34-21-12-9-17(13-20(21)28)15-29-26-24-19-5-3-4-6-22(19)35-27(24)31-25(30-26)18-10-7-16(8-11-18)14-23(32)33;1-2-33-20-14-13-17(15-19(20)27)16-28-25-24-18-9-7-8-10-21(18)34-26(24)30-22(29-25)11-5-3-4-6-12-23(31)32/h3-6,9,12-14,18H,2,7-8,10-11,15H2,1H3,(H,32,33)(H,29,30,31);7-10,13-15H,2-6,11-12,16H2,1H3,(H,31,32)(H,28,29,30). The number of rotatable bonds is 19. The molecule has 4 N–H and O–H groups in total. The molecule has 9 rings (SSSR count). The summed E-state index contributed by atoms with van der Waals surface area (Å²) in [6, 6.07) is 28.2. The van der Waals surface area contributed by atoms with E-state index in [4.69, 9.17) is 62.8 Å². The predicted octanol–water partition coefficient (Wildman–Crippen LogP) is 14.3. The van der Waals surface area contributed by atoms with Crippen LogP contribution < -0.4 is 20.1 Å². The minimum Gasteiger partial charge on any atom is -0.492 e. The number of ether oxygens (including phenoxy) is 2. The molecule has 358 valence electrons. The molecular formula is C53H54Cl2N6O6S2. The molecule has 4 heterocycles. The zero-order valence-corrected chi connectivity index (χ0v) is 41.7. The van der Waals surface area contributed by atoms with Gasteiger partial charge in [0.1, 0.15) is 44.4 Å². The van der Waals surface area contributed by atoms with Crippen molar-refractivity contribution in [1.82, 2.24) is 19.9 Å². The fourth-order valence-electron chi connectivity index (χ4n) is 8.56. The van der Waals surface area contributed by atoms with Crippen LogP contribution >= 0.6 is 45.9 Å². The maximum Gasteiger partial charge on any atom is 0.328 e. The van der Waals surface area contributed by atoms with Gasteiger partial charge in [-0.1, -0.05) is 90.1 Å². The van der Waals surface area contributed by atoms with Crippen molar-refractivity contribution in [2.24, 2.45) is 0 Å². The first-order valence-corrected chi connectivity index (χ1v) is 25.8. The lowest BCUT2D eigenvalue weighted by atomic mass is 9.85. The van der Waals surface area contributed by atoms with Gasteiger partial charge in [-0.15, -0.1) is 22.7 Å². The van der Waals surface area contributed by atoms with E-state index < -0.39 is 11.9 Å². The number of carbonyl (C=O) groups is 2. The Kier molecular flexibility index (Phi) is 16.8. The zero-order valence-electron chi connectivity index (χ0n) is 38.5. The maximum atomic E-state index is 11.0. The van der Waals surface area contributed by atoms with E-state index in [1.165, 1.54) is 15.5 Å². The first-order chi connectivity index (χ1) is 33.6. The van der Waals surface area contributed by atoms with Crippen molar-refractivity contribution in [2.45, 2.75) is 97.1 Å². The normalized spacial score (nSPS) is 13.6. The van der Waals surface area contributed by atoms with Crippen LogP contribution in [0.15, 0.2) is 96.6 Å². The maximum absolute atomic E-state index is 11.0. The van der Waals surface area contributed by atoms with Crippen LogP contribution in [0.1, 0.15) is 100 Å². The van der Waals surface area contributed by atoms with Crippen LogP contribution in [0.2, 0.25) is 10.0 Å². The van der Waals surface area contributed by atoms with Gasteiger partial charge in [0.15, 0.2) is 0 Å². The van der Waals surface area contributed by atoms with Crippen molar-refractivity contribution in [1.29, 1.82) is 0 Å². The number of hydrogen-bond acceptors (Lipinski definition) is 12. The molecule has 1 fully saturated rings. The van der Waals surface area contributed by atoms with E-state index in [-0.39, 0.29) is 12.3 Å². The molecule has 8 aromatic rings. The second kappa shape index (κ2) is 23.5. The van der Waals surface area contributed by atoms with E-state index in [1.807, 2.05) is 74.5 Å². The summed E-state index contributed by atoms with van der Waals surface area (Å²) in [5, 5.41) is 30.5. The average molecular weight is 1010 g/mol. The number of thiophene rings is 2. The Morgan fingerprint density at radius 2 is 1.23 bits per heavy atom. The predicted molar refractivity (Wildman–Crippen MR) is 281 cm³/mol. The number of benzene rings is 4. The lowest BCUT2D eigenvalue weighted by Gasteiger charge is -2.23. The number of unbranched alkanes of at least 4 members (excludes halogenated alkanes) is 3. The number of anilines is 2. The van der Waals surface area contributed by atoms with Gasteiger partial charge in [0.25, 0.3) is 0 Å². The highest BCUT2D eigenvalue weighted by Crippen LogP contribution is 2.41. The molecule has 1 saturated carbocycles. The minimum absolute atomic E-state index is 0.205. The Hall–Kier alpha value is -6.06. The van der Waals surface area contributed by atoms with Crippen LogP contribution in [0.3, 0.4) is 0 Å². The Labute approximate surface area is 418 Å². The quantitative estimate of drug-likeness (QED) is 0.0447. The van der Waals surface area contributed by atoms with Gasteiger partial charge in [0, 0.05) is 58.1 Å². The summed E-state index contributed by atoms with van der Waals surface area (Å²) >= 11 is 16.1. The minimum atomic E-state index is -0.873. The molecule has 0 aliphatic heterocycles. The lowest BCUT2D eigenvalue weighted by Crippen LogP contribution is -2.13. The average Bonchev–Trinajstić information content (AvgIpc) is 3.91. The third kappa shape index (κ3) is 12.6. The fraction of sp³-hybridized carbons (Fsp3) is 0.321. The number of fused-ring (bicyclic) bond motifs is 6. The van der Waals surface area contributed by atoms with Crippen LogP contribution in [0, 0.1) is 0 Å². The van der Waals surface area contributed by atoms with Gasteiger partial charge >= 0.3 is 11.9 Å². The van der Waals surface area contributed by atoms with Gasteiger partial charge in [-0.25, -0.2) is 24.7 Å². The van der Waals surface area contributed by atoms with Crippen LogP contribution in [0.4, 0.5) is 11.6 Å². The fourth-order valence-corrected chi connectivity index (χ4v) is 11.3. The Morgan fingerprint density at radius 3 is 1.77 bits per heavy atom. The van der Waals surface area contributed by atoms with Crippen molar-refractivity contribution < 1.29 is 29.3 Å². The smallest absolute Gasteiger partial charge is 0.328 e. The van der Waals surface area contributed by atoms with Crippen LogP contribution in [0.25, 0.3) is 40.6 Å². The molecule has 1 aliphatic carbocycles. The van der Waals surface area contributed by atoms with E-state index in [0.717, 1.165) is 123 Å². The molecule has 0 unspecified atom stereocenters. The topological polar surface area (TPSA) is 169 Å². The SMILES string of the molecule is CCOc1ccc(CNc2nc(C3CCC(=CC(=O)O)CC3)nc3sc4ccccc4c23)cc1Cl.CCOc1ccc(CNc2nc(CCCCCCC(=O)O)nc3sc4ccccc4c23)cc1Cl. The molecule has 16 heteroatoms. The molecule has 0 bridgehead atoms. The van der Waals surface area contributed by atoms with E-state index in [1.54, 1.807) is 22.7 Å². The van der Waals surface area contributed by atoms with Gasteiger partial charge < -0.3 is 30.3 Å². The molecule has 1 aliphatic rings. The molecule has 12 nitrogen and oxygen atoms in total. The molecule has 0 amide bonds. The number of aromatic nitrogens is 4. The Bertz CT molecular complexity index is 3130. The van der Waals surface area contributed by atoms with E-state index in [9.17, 15) is 9.59 Å². The van der Waals surface area contributed by atoms with E-state index >= 15 is 0 Å². The highest BCUT2D eigenvalue weighted by Gasteiger charge is 2.24. The lowest BCUT2D eigenvalue weighted by molar-refractivity contribution is -0.137.